The number of rotatable bonds is 11. The molecule has 0 spiro atoms. The summed E-state index contributed by atoms with van der Waals surface area (Å²) in [5.74, 6) is -1.82. The summed E-state index contributed by atoms with van der Waals surface area (Å²) in [5, 5.41) is 0. The Morgan fingerprint density at radius 1 is 1.18 bits per heavy atom. The van der Waals surface area contributed by atoms with Crippen LogP contribution in [0, 0.1) is 0 Å². The largest absolute Gasteiger partial charge is 0.452 e. The Hall–Kier alpha value is -3.45. The minimum Gasteiger partial charge on any atom is -0.452 e. The number of aromatic nitrogens is 2. The van der Waals surface area contributed by atoms with Crippen LogP contribution in [-0.4, -0.2) is 63.0 Å². The van der Waals surface area contributed by atoms with Crippen molar-refractivity contribution in [1.82, 2.24) is 9.55 Å². The van der Waals surface area contributed by atoms with Crippen molar-refractivity contribution in [2.24, 2.45) is 0 Å². The van der Waals surface area contributed by atoms with Gasteiger partial charge in [0.15, 0.2) is 22.1 Å². The van der Waals surface area contributed by atoms with Crippen molar-refractivity contribution < 1.29 is 27.5 Å². The Morgan fingerprint density at radius 2 is 1.82 bits per heavy atom. The molecular formula is C21H28N4O8S. The lowest BCUT2D eigenvalue weighted by molar-refractivity contribution is -0.121. The van der Waals surface area contributed by atoms with Crippen molar-refractivity contribution >= 4 is 33.2 Å². The summed E-state index contributed by atoms with van der Waals surface area (Å²) >= 11 is 0. The third kappa shape index (κ3) is 6.54. The van der Waals surface area contributed by atoms with Gasteiger partial charge in [-0.05, 0) is 30.7 Å². The Morgan fingerprint density at radius 3 is 2.38 bits per heavy atom. The number of nitrogens with zero attached hydrogens (tertiary/aromatic N) is 2. The normalized spacial score (nSPS) is 11.3. The van der Waals surface area contributed by atoms with Crippen LogP contribution in [0.2, 0.25) is 0 Å². The number of unbranched alkanes of at least 4 members (excludes halogenated alkanes) is 1. The van der Waals surface area contributed by atoms with Crippen LogP contribution < -0.4 is 21.9 Å². The molecule has 0 fully saturated rings. The molecule has 1 amide bonds. The second-order valence-electron chi connectivity index (χ2n) is 7.41. The molecule has 0 radical (unpaired) electrons. The number of carbonyl (C=O) groups excluding carboxylic acids is 2. The average molecular weight is 497 g/mol. The van der Waals surface area contributed by atoms with E-state index in [9.17, 15) is 27.6 Å². The van der Waals surface area contributed by atoms with Crippen molar-refractivity contribution in [3.05, 3.63) is 50.7 Å². The van der Waals surface area contributed by atoms with Crippen LogP contribution in [0.3, 0.4) is 0 Å². The van der Waals surface area contributed by atoms with Crippen LogP contribution in [0.25, 0.3) is 0 Å². The van der Waals surface area contributed by atoms with Gasteiger partial charge in [0.25, 0.3) is 11.5 Å². The predicted molar refractivity (Wildman–Crippen MR) is 125 cm³/mol. The van der Waals surface area contributed by atoms with E-state index in [0.717, 1.165) is 17.6 Å². The molecule has 12 nitrogen and oxygen atoms in total. The number of ether oxygens (including phenoxy) is 2. The van der Waals surface area contributed by atoms with E-state index in [-0.39, 0.29) is 41.7 Å². The topological polar surface area (TPSA) is 171 Å². The molecule has 0 aliphatic carbocycles. The van der Waals surface area contributed by atoms with Gasteiger partial charge in [-0.3, -0.25) is 24.0 Å². The van der Waals surface area contributed by atoms with Crippen molar-refractivity contribution in [2.75, 3.05) is 43.8 Å². The fourth-order valence-corrected chi connectivity index (χ4v) is 3.68. The number of sulfone groups is 1. The molecule has 13 heteroatoms. The first-order valence-electron chi connectivity index (χ1n) is 10.4. The van der Waals surface area contributed by atoms with E-state index in [2.05, 4.69) is 4.98 Å². The SMILES string of the molecule is CCCCn1c(N)c(N(CCOC)C(=O)COC(=O)c2ccc(S(C)(=O)=O)cc2)c(=O)[nH]c1=O. The molecule has 186 valence electrons. The van der Waals surface area contributed by atoms with Gasteiger partial charge in [-0.2, -0.15) is 0 Å². The second-order valence-corrected chi connectivity index (χ2v) is 9.42. The van der Waals surface area contributed by atoms with Gasteiger partial charge in [0, 0.05) is 26.5 Å². The number of H-pyrrole nitrogens is 1. The lowest BCUT2D eigenvalue weighted by Gasteiger charge is -2.24. The number of carbonyl (C=O) groups is 2. The van der Waals surface area contributed by atoms with E-state index in [1.807, 2.05) is 6.92 Å². The molecule has 2 aromatic rings. The first kappa shape index (κ1) is 26.8. The van der Waals surface area contributed by atoms with Gasteiger partial charge in [0.05, 0.1) is 17.1 Å². The minimum atomic E-state index is -3.44. The second kappa shape index (κ2) is 11.6. The van der Waals surface area contributed by atoms with Crippen molar-refractivity contribution in [2.45, 2.75) is 31.2 Å². The quantitative estimate of drug-likeness (QED) is 0.411. The molecule has 0 atom stereocenters. The third-order valence-corrected chi connectivity index (χ3v) is 6.01. The van der Waals surface area contributed by atoms with Gasteiger partial charge in [0.2, 0.25) is 0 Å². The maximum absolute atomic E-state index is 12.9. The molecule has 0 bridgehead atoms. The zero-order valence-electron chi connectivity index (χ0n) is 19.2. The summed E-state index contributed by atoms with van der Waals surface area (Å²) in [4.78, 5) is 53.1. The zero-order valence-corrected chi connectivity index (χ0v) is 20.0. The highest BCUT2D eigenvalue weighted by Crippen LogP contribution is 2.18. The smallest absolute Gasteiger partial charge is 0.338 e. The Kier molecular flexibility index (Phi) is 9.15. The monoisotopic (exact) mass is 496 g/mol. The van der Waals surface area contributed by atoms with Crippen LogP contribution in [0.1, 0.15) is 30.1 Å². The van der Waals surface area contributed by atoms with Crippen molar-refractivity contribution in [3.8, 4) is 0 Å². The minimum absolute atomic E-state index is 0.0266. The molecule has 0 saturated carbocycles. The van der Waals surface area contributed by atoms with Crippen molar-refractivity contribution in [3.63, 3.8) is 0 Å². The van der Waals surface area contributed by atoms with Crippen LogP contribution in [0.5, 0.6) is 0 Å². The molecule has 0 aliphatic rings. The molecule has 1 heterocycles. The van der Waals surface area contributed by atoms with Gasteiger partial charge in [-0.1, -0.05) is 13.3 Å². The number of esters is 1. The van der Waals surface area contributed by atoms with Gasteiger partial charge in [-0.15, -0.1) is 0 Å². The predicted octanol–water partition coefficient (Wildman–Crippen LogP) is 0.159. The van der Waals surface area contributed by atoms with E-state index in [1.165, 1.54) is 35.9 Å². The van der Waals surface area contributed by atoms with Crippen LogP contribution in [0.4, 0.5) is 11.5 Å². The highest BCUT2D eigenvalue weighted by molar-refractivity contribution is 7.90. The van der Waals surface area contributed by atoms with Crippen molar-refractivity contribution in [1.29, 1.82) is 0 Å². The molecule has 2 rings (SSSR count). The number of nitrogens with two attached hydrogens (primary N) is 1. The summed E-state index contributed by atoms with van der Waals surface area (Å²) in [6.07, 6.45) is 2.43. The number of aromatic amines is 1. The summed E-state index contributed by atoms with van der Waals surface area (Å²) in [6.45, 7) is 1.39. The summed E-state index contributed by atoms with van der Waals surface area (Å²) in [6, 6.07) is 5.02. The van der Waals surface area contributed by atoms with E-state index >= 15 is 0 Å². The maximum atomic E-state index is 12.9. The fourth-order valence-electron chi connectivity index (χ4n) is 3.05. The molecule has 34 heavy (non-hydrogen) atoms. The molecule has 3 N–H and O–H groups in total. The summed E-state index contributed by atoms with van der Waals surface area (Å²) in [5.41, 5.74) is 4.33. The first-order valence-corrected chi connectivity index (χ1v) is 12.3. The summed E-state index contributed by atoms with van der Waals surface area (Å²) < 4.78 is 34.3. The van der Waals surface area contributed by atoms with Crippen LogP contribution in [-0.2, 0) is 30.7 Å². The number of hydrogen-bond donors (Lipinski definition) is 2. The molecular weight excluding hydrogens is 468 g/mol. The molecule has 0 saturated heterocycles. The van der Waals surface area contributed by atoms with E-state index < -0.39 is 39.6 Å². The van der Waals surface area contributed by atoms with Gasteiger partial charge in [-0.25, -0.2) is 18.0 Å². The highest BCUT2D eigenvalue weighted by atomic mass is 32.2. The number of nitrogen functional groups attached to an aromatic ring is 1. The molecule has 0 aliphatic heterocycles. The average Bonchev–Trinajstić information content (AvgIpc) is 2.78. The van der Waals surface area contributed by atoms with Gasteiger partial charge in [0.1, 0.15) is 5.82 Å². The number of hydrogen-bond acceptors (Lipinski definition) is 9. The number of anilines is 2. The number of nitrogens with one attached hydrogen (secondary N) is 1. The maximum Gasteiger partial charge on any atom is 0.338 e. The third-order valence-electron chi connectivity index (χ3n) is 4.88. The Bertz CT molecular complexity index is 1250. The molecule has 0 unspecified atom stereocenters. The fraction of sp³-hybridized carbons (Fsp3) is 0.429. The number of methoxy groups -OCH3 is 1. The lowest BCUT2D eigenvalue weighted by atomic mass is 10.2. The molecule has 1 aromatic carbocycles. The summed E-state index contributed by atoms with van der Waals surface area (Å²) in [7, 11) is -2.03. The van der Waals surface area contributed by atoms with E-state index in [4.69, 9.17) is 15.2 Å². The number of amides is 1. The Balaban J connectivity index is 2.27. The van der Waals surface area contributed by atoms with Crippen LogP contribution in [0.15, 0.2) is 38.8 Å². The van der Waals surface area contributed by atoms with Gasteiger partial charge >= 0.3 is 11.7 Å². The van der Waals surface area contributed by atoms with Gasteiger partial charge < -0.3 is 15.2 Å². The highest BCUT2D eigenvalue weighted by Gasteiger charge is 2.25. The van der Waals surface area contributed by atoms with Crippen LogP contribution >= 0.6 is 0 Å². The Labute approximate surface area is 196 Å². The number of benzene rings is 1. The van der Waals surface area contributed by atoms with E-state index in [1.54, 1.807) is 0 Å². The standard InChI is InChI=1S/C21H28N4O8S/c1-4-5-10-25-18(22)17(19(27)23-21(25)29)24(11-12-32-2)16(26)13-33-20(28)14-6-8-15(9-7-14)34(3,30)31/h6-9H,4-5,10-13,22H2,1-3H3,(H,23,27,29). The van der Waals surface area contributed by atoms with E-state index in [0.29, 0.717) is 6.42 Å². The first-order chi connectivity index (χ1) is 16.0. The zero-order chi connectivity index (χ0) is 25.5. The lowest BCUT2D eigenvalue weighted by Crippen LogP contribution is -2.44. The molecule has 1 aromatic heterocycles.